The largest absolute Gasteiger partial charge is 0.306 e. The van der Waals surface area contributed by atoms with E-state index in [-0.39, 0.29) is 0 Å². The van der Waals surface area contributed by atoms with Crippen LogP contribution in [0.1, 0.15) is 27.7 Å². The zero-order valence-corrected chi connectivity index (χ0v) is 7.36. The fourth-order valence-electron chi connectivity index (χ4n) is 1.56. The fraction of sp³-hybridized carbons (Fsp3) is 0.778. The zero-order chi connectivity index (χ0) is 7.72. The van der Waals surface area contributed by atoms with Crippen LogP contribution < -0.4 is 5.32 Å². The molecule has 0 aromatic carbocycles. The number of hydrogen-bond donors (Lipinski definition) is 1. The lowest BCUT2D eigenvalue weighted by Gasteiger charge is -2.16. The van der Waals surface area contributed by atoms with Crippen molar-refractivity contribution in [2.45, 2.75) is 33.7 Å². The maximum absolute atomic E-state index is 3.48. The van der Waals surface area contributed by atoms with Crippen LogP contribution in [0.25, 0.3) is 0 Å². The smallest absolute Gasteiger partial charge is 0.0305 e. The van der Waals surface area contributed by atoms with Crippen LogP contribution in [-0.2, 0) is 0 Å². The summed E-state index contributed by atoms with van der Waals surface area (Å²) in [6, 6.07) is 0.639. The van der Waals surface area contributed by atoms with Crippen LogP contribution in [0.3, 0.4) is 0 Å². The van der Waals surface area contributed by atoms with Gasteiger partial charge in [-0.15, -0.1) is 0 Å². The Kier molecular flexibility index (Phi) is 2.14. The minimum Gasteiger partial charge on any atom is -0.306 e. The molecule has 0 bridgehead atoms. The maximum Gasteiger partial charge on any atom is 0.0305 e. The molecule has 10 heavy (non-hydrogen) atoms. The molecule has 0 saturated heterocycles. The minimum absolute atomic E-state index is 0.639. The third-order valence-electron chi connectivity index (χ3n) is 2.39. The average molecular weight is 139 g/mol. The van der Waals surface area contributed by atoms with Gasteiger partial charge in [0.1, 0.15) is 0 Å². The Morgan fingerprint density at radius 2 is 2.00 bits per heavy atom. The summed E-state index contributed by atoms with van der Waals surface area (Å²) in [5.74, 6) is 0.734. The highest BCUT2D eigenvalue weighted by Crippen LogP contribution is 2.20. The van der Waals surface area contributed by atoms with Crippen molar-refractivity contribution in [1.29, 1.82) is 0 Å². The highest BCUT2D eigenvalue weighted by molar-refractivity contribution is 5.23. The lowest BCUT2D eigenvalue weighted by atomic mass is 9.98. The molecule has 1 aliphatic heterocycles. The fourth-order valence-corrected chi connectivity index (χ4v) is 1.56. The Balaban J connectivity index is 2.68. The number of nitrogens with one attached hydrogen (secondary N) is 1. The van der Waals surface area contributed by atoms with E-state index < -0.39 is 0 Å². The molecule has 0 fully saturated rings. The summed E-state index contributed by atoms with van der Waals surface area (Å²) >= 11 is 0. The van der Waals surface area contributed by atoms with Crippen molar-refractivity contribution in [3.05, 3.63) is 11.1 Å². The SMILES string of the molecule is CC1=C(C)C(C(C)C)NC1. The van der Waals surface area contributed by atoms with Gasteiger partial charge in [0.05, 0.1) is 0 Å². The quantitative estimate of drug-likeness (QED) is 0.547. The van der Waals surface area contributed by atoms with Gasteiger partial charge in [-0.2, -0.15) is 0 Å². The Labute approximate surface area is 63.5 Å². The highest BCUT2D eigenvalue weighted by atomic mass is 14.9. The van der Waals surface area contributed by atoms with Crippen LogP contribution >= 0.6 is 0 Å². The van der Waals surface area contributed by atoms with E-state index in [2.05, 4.69) is 33.0 Å². The molecule has 0 radical (unpaired) electrons. The summed E-state index contributed by atoms with van der Waals surface area (Å²) < 4.78 is 0. The van der Waals surface area contributed by atoms with Crippen LogP contribution in [-0.4, -0.2) is 12.6 Å². The molecule has 1 rings (SSSR count). The highest BCUT2D eigenvalue weighted by Gasteiger charge is 2.21. The van der Waals surface area contributed by atoms with Gasteiger partial charge in [0.25, 0.3) is 0 Å². The molecule has 0 aromatic rings. The van der Waals surface area contributed by atoms with Gasteiger partial charge in [-0.1, -0.05) is 25.0 Å². The lowest BCUT2D eigenvalue weighted by molar-refractivity contribution is 0.486. The molecule has 0 amide bonds. The molecule has 0 aromatic heterocycles. The van der Waals surface area contributed by atoms with Crippen LogP contribution in [0.15, 0.2) is 11.1 Å². The molecule has 1 nitrogen and oxygen atoms in total. The van der Waals surface area contributed by atoms with Crippen LogP contribution in [0.4, 0.5) is 0 Å². The van der Waals surface area contributed by atoms with Crippen LogP contribution in [0, 0.1) is 5.92 Å². The third kappa shape index (κ3) is 1.24. The first-order valence-electron chi connectivity index (χ1n) is 4.02. The lowest BCUT2D eigenvalue weighted by Crippen LogP contribution is -2.29. The zero-order valence-electron chi connectivity index (χ0n) is 7.36. The molecule has 0 saturated carbocycles. The molecule has 1 heterocycles. The molecule has 1 aliphatic rings. The van der Waals surface area contributed by atoms with E-state index in [1.54, 1.807) is 5.57 Å². The summed E-state index contributed by atoms with van der Waals surface area (Å²) in [7, 11) is 0. The van der Waals surface area contributed by atoms with Gasteiger partial charge in [0.2, 0.25) is 0 Å². The van der Waals surface area contributed by atoms with E-state index in [4.69, 9.17) is 0 Å². The summed E-state index contributed by atoms with van der Waals surface area (Å²) in [5.41, 5.74) is 3.08. The second kappa shape index (κ2) is 2.75. The summed E-state index contributed by atoms with van der Waals surface area (Å²) in [5, 5.41) is 3.48. The van der Waals surface area contributed by atoms with Crippen LogP contribution in [0.5, 0.6) is 0 Å². The molecule has 1 heteroatoms. The van der Waals surface area contributed by atoms with Crippen LogP contribution in [0.2, 0.25) is 0 Å². The summed E-state index contributed by atoms with van der Waals surface area (Å²) in [6.45, 7) is 10.1. The van der Waals surface area contributed by atoms with Gasteiger partial charge >= 0.3 is 0 Å². The minimum atomic E-state index is 0.639. The molecule has 0 aliphatic carbocycles. The van der Waals surface area contributed by atoms with Crippen molar-refractivity contribution in [2.24, 2.45) is 5.92 Å². The average Bonchev–Trinajstić information content (AvgIpc) is 2.14. The van der Waals surface area contributed by atoms with E-state index in [1.165, 1.54) is 5.57 Å². The molecule has 0 spiro atoms. The van der Waals surface area contributed by atoms with Crippen molar-refractivity contribution < 1.29 is 0 Å². The predicted octanol–water partition coefficient (Wildman–Crippen LogP) is 1.95. The van der Waals surface area contributed by atoms with Crippen molar-refractivity contribution in [1.82, 2.24) is 5.32 Å². The Hall–Kier alpha value is -0.300. The van der Waals surface area contributed by atoms with E-state index in [0.717, 1.165) is 12.5 Å². The standard InChI is InChI=1S/C9H17N/c1-6(2)9-8(4)7(3)5-10-9/h6,9-10H,5H2,1-4H3. The molecule has 1 unspecified atom stereocenters. The molecular weight excluding hydrogens is 122 g/mol. The summed E-state index contributed by atoms with van der Waals surface area (Å²) in [4.78, 5) is 0. The molecule has 58 valence electrons. The number of rotatable bonds is 1. The van der Waals surface area contributed by atoms with Gasteiger partial charge in [-0.05, 0) is 19.8 Å². The second-order valence-corrected chi connectivity index (χ2v) is 3.57. The van der Waals surface area contributed by atoms with Crippen molar-refractivity contribution in [3.8, 4) is 0 Å². The van der Waals surface area contributed by atoms with Crippen molar-refractivity contribution in [2.75, 3.05) is 6.54 Å². The monoisotopic (exact) mass is 139 g/mol. The molecule has 1 atom stereocenters. The van der Waals surface area contributed by atoms with E-state index >= 15 is 0 Å². The first-order chi connectivity index (χ1) is 4.63. The second-order valence-electron chi connectivity index (χ2n) is 3.57. The van der Waals surface area contributed by atoms with Gasteiger partial charge in [-0.25, -0.2) is 0 Å². The first kappa shape index (κ1) is 7.80. The van der Waals surface area contributed by atoms with Crippen molar-refractivity contribution >= 4 is 0 Å². The first-order valence-corrected chi connectivity index (χ1v) is 4.02. The maximum atomic E-state index is 3.48. The third-order valence-corrected chi connectivity index (χ3v) is 2.39. The van der Waals surface area contributed by atoms with E-state index in [9.17, 15) is 0 Å². The van der Waals surface area contributed by atoms with E-state index in [1.807, 2.05) is 0 Å². The normalized spacial score (nSPS) is 26.7. The Morgan fingerprint density at radius 3 is 2.20 bits per heavy atom. The van der Waals surface area contributed by atoms with Crippen molar-refractivity contribution in [3.63, 3.8) is 0 Å². The molecular formula is C9H17N. The topological polar surface area (TPSA) is 12.0 Å². The van der Waals surface area contributed by atoms with Gasteiger partial charge in [0, 0.05) is 12.6 Å². The van der Waals surface area contributed by atoms with Gasteiger partial charge < -0.3 is 5.32 Å². The Bertz CT molecular complexity index is 156. The number of hydrogen-bond acceptors (Lipinski definition) is 1. The van der Waals surface area contributed by atoms with Gasteiger partial charge in [-0.3, -0.25) is 0 Å². The summed E-state index contributed by atoms with van der Waals surface area (Å²) in [6.07, 6.45) is 0. The predicted molar refractivity (Wildman–Crippen MR) is 45.0 cm³/mol. The van der Waals surface area contributed by atoms with Gasteiger partial charge in [0.15, 0.2) is 0 Å². The Morgan fingerprint density at radius 1 is 1.40 bits per heavy atom. The van der Waals surface area contributed by atoms with E-state index in [0.29, 0.717) is 6.04 Å². The molecule has 1 N–H and O–H groups in total.